The number of piperidine rings is 1. The molecule has 2 heterocycles. The predicted molar refractivity (Wildman–Crippen MR) is 98.0 cm³/mol. The number of likely N-dealkylation sites (tertiary alicyclic amines) is 1. The van der Waals surface area contributed by atoms with E-state index in [1.807, 2.05) is 12.1 Å². The zero-order valence-electron chi connectivity index (χ0n) is 14.5. The van der Waals surface area contributed by atoms with Gasteiger partial charge in [-0.1, -0.05) is 12.1 Å². The molecule has 1 aromatic carbocycles. The summed E-state index contributed by atoms with van der Waals surface area (Å²) in [6.45, 7) is 8.45. The van der Waals surface area contributed by atoms with Crippen LogP contribution in [0.3, 0.4) is 0 Å². The van der Waals surface area contributed by atoms with Crippen LogP contribution in [0.4, 0.5) is 4.39 Å². The Morgan fingerprint density at radius 1 is 1.21 bits per heavy atom. The standard InChI is InChI=1S/C19H26FN3S/c1-14-19(24-15(2)22-14)13-21-18-8-11-23(12-9-18)10-7-16-3-5-17(20)6-4-16/h3-6,18,21H,7-13H2,1-2H3. The minimum Gasteiger partial charge on any atom is -0.309 e. The Bertz CT molecular complexity index is 645. The minimum atomic E-state index is -0.156. The Hall–Kier alpha value is -1.30. The lowest BCUT2D eigenvalue weighted by Gasteiger charge is -2.32. The molecule has 2 aromatic rings. The molecule has 0 aliphatic carbocycles. The van der Waals surface area contributed by atoms with E-state index in [2.05, 4.69) is 29.0 Å². The Morgan fingerprint density at radius 2 is 1.92 bits per heavy atom. The predicted octanol–water partition coefficient (Wildman–Crippen LogP) is 3.70. The van der Waals surface area contributed by atoms with E-state index < -0.39 is 0 Å². The van der Waals surface area contributed by atoms with Gasteiger partial charge in [-0.3, -0.25) is 0 Å². The molecular weight excluding hydrogens is 321 g/mol. The third kappa shape index (κ3) is 4.85. The van der Waals surface area contributed by atoms with E-state index in [1.54, 1.807) is 23.5 Å². The van der Waals surface area contributed by atoms with Gasteiger partial charge in [-0.05, 0) is 63.9 Å². The Labute approximate surface area is 147 Å². The van der Waals surface area contributed by atoms with Crippen LogP contribution in [0.5, 0.6) is 0 Å². The molecule has 1 aliphatic rings. The van der Waals surface area contributed by atoms with Gasteiger partial charge in [-0.25, -0.2) is 9.37 Å². The van der Waals surface area contributed by atoms with Gasteiger partial charge in [0.15, 0.2) is 0 Å². The van der Waals surface area contributed by atoms with E-state index in [1.165, 1.54) is 29.0 Å². The van der Waals surface area contributed by atoms with Gasteiger partial charge in [0.1, 0.15) is 5.82 Å². The second kappa shape index (κ2) is 8.19. The van der Waals surface area contributed by atoms with Gasteiger partial charge >= 0.3 is 0 Å². The summed E-state index contributed by atoms with van der Waals surface area (Å²) >= 11 is 1.80. The Morgan fingerprint density at radius 3 is 2.54 bits per heavy atom. The molecule has 0 atom stereocenters. The number of halogens is 1. The highest BCUT2D eigenvalue weighted by molar-refractivity contribution is 7.11. The molecule has 1 aromatic heterocycles. The minimum absolute atomic E-state index is 0.156. The fourth-order valence-corrected chi connectivity index (χ4v) is 4.16. The molecule has 0 spiro atoms. The van der Waals surface area contributed by atoms with Crippen molar-refractivity contribution in [3.63, 3.8) is 0 Å². The Kier molecular flexibility index (Phi) is 5.98. The summed E-state index contributed by atoms with van der Waals surface area (Å²) < 4.78 is 12.9. The lowest BCUT2D eigenvalue weighted by Crippen LogP contribution is -2.42. The fraction of sp³-hybridized carbons (Fsp3) is 0.526. The molecule has 0 unspecified atom stereocenters. The van der Waals surface area contributed by atoms with E-state index in [-0.39, 0.29) is 5.82 Å². The van der Waals surface area contributed by atoms with Gasteiger partial charge in [0, 0.05) is 24.0 Å². The van der Waals surface area contributed by atoms with Crippen molar-refractivity contribution in [3.05, 3.63) is 51.2 Å². The summed E-state index contributed by atoms with van der Waals surface area (Å²) in [5.74, 6) is -0.156. The summed E-state index contributed by atoms with van der Waals surface area (Å²) in [7, 11) is 0. The number of nitrogens with one attached hydrogen (secondary N) is 1. The van der Waals surface area contributed by atoms with Crippen molar-refractivity contribution in [2.75, 3.05) is 19.6 Å². The van der Waals surface area contributed by atoms with Gasteiger partial charge in [0.05, 0.1) is 10.7 Å². The van der Waals surface area contributed by atoms with Gasteiger partial charge in [0.2, 0.25) is 0 Å². The van der Waals surface area contributed by atoms with Gasteiger partial charge in [-0.15, -0.1) is 11.3 Å². The highest BCUT2D eigenvalue weighted by atomic mass is 32.1. The van der Waals surface area contributed by atoms with Crippen molar-refractivity contribution in [2.24, 2.45) is 0 Å². The second-order valence-corrected chi connectivity index (χ2v) is 7.90. The van der Waals surface area contributed by atoms with Crippen LogP contribution < -0.4 is 5.32 Å². The monoisotopic (exact) mass is 347 g/mol. The number of rotatable bonds is 6. The molecular formula is C19H26FN3S. The number of hydrogen-bond donors (Lipinski definition) is 1. The molecule has 1 fully saturated rings. The van der Waals surface area contributed by atoms with E-state index in [0.717, 1.165) is 37.6 Å². The summed E-state index contributed by atoms with van der Waals surface area (Å²) in [5.41, 5.74) is 2.38. The molecule has 1 aliphatic heterocycles. The first kappa shape index (κ1) is 17.5. The van der Waals surface area contributed by atoms with Crippen LogP contribution in [0.2, 0.25) is 0 Å². The van der Waals surface area contributed by atoms with E-state index >= 15 is 0 Å². The largest absolute Gasteiger partial charge is 0.309 e. The van der Waals surface area contributed by atoms with E-state index in [0.29, 0.717) is 6.04 Å². The van der Waals surface area contributed by atoms with Gasteiger partial charge in [0.25, 0.3) is 0 Å². The van der Waals surface area contributed by atoms with E-state index in [4.69, 9.17) is 0 Å². The first-order chi connectivity index (χ1) is 11.6. The average molecular weight is 348 g/mol. The normalized spacial score (nSPS) is 16.6. The zero-order valence-corrected chi connectivity index (χ0v) is 15.3. The lowest BCUT2D eigenvalue weighted by atomic mass is 10.0. The maximum Gasteiger partial charge on any atom is 0.123 e. The lowest BCUT2D eigenvalue weighted by molar-refractivity contribution is 0.199. The molecule has 1 saturated heterocycles. The van der Waals surface area contributed by atoms with Crippen LogP contribution in [0, 0.1) is 19.7 Å². The summed E-state index contributed by atoms with van der Waals surface area (Å²) in [6, 6.07) is 7.49. The highest BCUT2D eigenvalue weighted by Gasteiger charge is 2.19. The van der Waals surface area contributed by atoms with Gasteiger partial charge < -0.3 is 10.2 Å². The topological polar surface area (TPSA) is 28.2 Å². The number of thiazole rings is 1. The number of aromatic nitrogens is 1. The number of hydrogen-bond acceptors (Lipinski definition) is 4. The SMILES string of the molecule is Cc1nc(C)c(CNC2CCN(CCc3ccc(F)cc3)CC2)s1. The first-order valence-electron chi connectivity index (χ1n) is 8.73. The second-order valence-electron chi connectivity index (χ2n) is 6.61. The molecule has 5 heteroatoms. The van der Waals surface area contributed by atoms with Crippen LogP contribution in [0.15, 0.2) is 24.3 Å². The third-order valence-corrected chi connectivity index (χ3v) is 5.84. The third-order valence-electron chi connectivity index (χ3n) is 4.77. The van der Waals surface area contributed by atoms with Crippen molar-refractivity contribution in [1.82, 2.24) is 15.2 Å². The van der Waals surface area contributed by atoms with Gasteiger partial charge in [-0.2, -0.15) is 0 Å². The van der Waals surface area contributed by atoms with Crippen LogP contribution in [-0.2, 0) is 13.0 Å². The van der Waals surface area contributed by atoms with Crippen LogP contribution in [0.1, 0.15) is 34.0 Å². The van der Waals surface area contributed by atoms with Crippen molar-refractivity contribution in [3.8, 4) is 0 Å². The van der Waals surface area contributed by atoms with Crippen molar-refractivity contribution in [2.45, 2.75) is 45.7 Å². The summed E-state index contributed by atoms with van der Waals surface area (Å²) in [6.07, 6.45) is 3.39. The maximum atomic E-state index is 12.9. The number of nitrogens with zero attached hydrogens (tertiary/aromatic N) is 2. The van der Waals surface area contributed by atoms with E-state index in [9.17, 15) is 4.39 Å². The van der Waals surface area contributed by atoms with Crippen LogP contribution in [0.25, 0.3) is 0 Å². The highest BCUT2D eigenvalue weighted by Crippen LogP contribution is 2.18. The summed E-state index contributed by atoms with van der Waals surface area (Å²) in [5, 5.41) is 4.85. The molecule has 0 radical (unpaired) electrons. The molecule has 24 heavy (non-hydrogen) atoms. The van der Waals surface area contributed by atoms with Crippen LogP contribution >= 0.6 is 11.3 Å². The maximum absolute atomic E-state index is 12.9. The molecule has 0 bridgehead atoms. The fourth-order valence-electron chi connectivity index (χ4n) is 3.27. The van der Waals surface area contributed by atoms with Crippen molar-refractivity contribution < 1.29 is 4.39 Å². The molecule has 0 saturated carbocycles. The quantitative estimate of drug-likeness (QED) is 0.864. The van der Waals surface area contributed by atoms with Crippen LogP contribution in [-0.4, -0.2) is 35.6 Å². The summed E-state index contributed by atoms with van der Waals surface area (Å²) in [4.78, 5) is 8.38. The molecule has 0 amide bonds. The average Bonchev–Trinajstić information content (AvgIpc) is 2.91. The zero-order chi connectivity index (χ0) is 16.9. The molecule has 1 N–H and O–H groups in total. The number of benzene rings is 1. The number of aryl methyl sites for hydroxylation is 2. The Balaban J connectivity index is 1.37. The molecule has 3 nitrogen and oxygen atoms in total. The molecule has 130 valence electrons. The smallest absolute Gasteiger partial charge is 0.123 e. The van der Waals surface area contributed by atoms with Crippen molar-refractivity contribution in [1.29, 1.82) is 0 Å². The molecule has 3 rings (SSSR count). The first-order valence-corrected chi connectivity index (χ1v) is 9.55. The van der Waals surface area contributed by atoms with Crippen molar-refractivity contribution >= 4 is 11.3 Å².